The number of hydrogen-bond donors (Lipinski definition) is 1. The predicted octanol–water partition coefficient (Wildman–Crippen LogP) is 2.37. The van der Waals surface area contributed by atoms with E-state index in [1.165, 1.54) is 4.90 Å². The lowest BCUT2D eigenvalue weighted by atomic mass is 10.1. The van der Waals surface area contributed by atoms with Crippen LogP contribution in [0.1, 0.15) is 11.1 Å². The molecule has 2 aromatic carbocycles. The summed E-state index contributed by atoms with van der Waals surface area (Å²) in [6.45, 7) is 2.01. The highest BCUT2D eigenvalue weighted by Gasteiger charge is 2.52. The molecular formula is C22H21N5O3. The molecule has 0 bridgehead atoms. The zero-order valence-corrected chi connectivity index (χ0v) is 16.9. The van der Waals surface area contributed by atoms with Gasteiger partial charge in [-0.1, -0.05) is 36.4 Å². The van der Waals surface area contributed by atoms with Gasteiger partial charge in [-0.15, -0.1) is 0 Å². The van der Waals surface area contributed by atoms with Gasteiger partial charge in [0.2, 0.25) is 5.96 Å². The van der Waals surface area contributed by atoms with Crippen molar-refractivity contribution in [3.8, 4) is 5.75 Å². The van der Waals surface area contributed by atoms with Crippen molar-refractivity contribution in [2.24, 2.45) is 4.99 Å². The maximum absolute atomic E-state index is 12.7. The van der Waals surface area contributed by atoms with Gasteiger partial charge in [0.1, 0.15) is 5.75 Å². The van der Waals surface area contributed by atoms with E-state index in [-0.39, 0.29) is 5.91 Å². The number of imide groups is 1. The summed E-state index contributed by atoms with van der Waals surface area (Å²) < 4.78 is 5.64. The van der Waals surface area contributed by atoms with Crippen molar-refractivity contribution in [3.05, 3.63) is 65.9 Å². The number of carbonyl (C=O) groups excluding carboxylic acids is 2. The molecule has 2 unspecified atom stereocenters. The zero-order chi connectivity index (χ0) is 21.0. The SMILES string of the molecule is COc1ccc(C)cc1N1C(c2ccccc2)=CN2C1=NC1C2C(=O)NC(=O)N1C. The van der Waals surface area contributed by atoms with Crippen LogP contribution in [0.3, 0.4) is 0 Å². The van der Waals surface area contributed by atoms with Crippen LogP contribution < -0.4 is 15.0 Å². The second-order valence-electron chi connectivity index (χ2n) is 7.49. The number of likely N-dealkylation sites (N-methyl/N-ethyl adjacent to an activating group) is 1. The molecule has 0 aromatic heterocycles. The number of hydrogen-bond acceptors (Lipinski definition) is 6. The molecule has 1 fully saturated rings. The average molecular weight is 403 g/mol. The Morgan fingerprint density at radius 2 is 1.87 bits per heavy atom. The first-order valence-electron chi connectivity index (χ1n) is 9.65. The van der Waals surface area contributed by atoms with E-state index >= 15 is 0 Å². The summed E-state index contributed by atoms with van der Waals surface area (Å²) in [7, 11) is 3.27. The number of guanidine groups is 1. The molecule has 3 heterocycles. The number of methoxy groups -OCH3 is 1. The van der Waals surface area contributed by atoms with Crippen LogP contribution in [-0.2, 0) is 4.79 Å². The third-order valence-electron chi connectivity index (χ3n) is 5.62. The number of anilines is 1. The van der Waals surface area contributed by atoms with E-state index in [1.807, 2.05) is 71.5 Å². The number of benzene rings is 2. The topological polar surface area (TPSA) is 77.5 Å². The van der Waals surface area contributed by atoms with Crippen LogP contribution in [0.15, 0.2) is 59.7 Å². The first-order valence-corrected chi connectivity index (χ1v) is 9.65. The third kappa shape index (κ3) is 2.57. The Hall–Kier alpha value is -3.81. The van der Waals surface area contributed by atoms with Crippen molar-refractivity contribution in [1.82, 2.24) is 15.1 Å². The molecule has 3 aliphatic rings. The summed E-state index contributed by atoms with van der Waals surface area (Å²) in [5.41, 5.74) is 3.75. The minimum absolute atomic E-state index is 0.358. The van der Waals surface area contributed by atoms with Gasteiger partial charge in [0.05, 0.1) is 18.5 Å². The monoisotopic (exact) mass is 403 g/mol. The molecule has 0 saturated carbocycles. The Balaban J connectivity index is 1.69. The number of ether oxygens (including phenoxy) is 1. The van der Waals surface area contributed by atoms with Crippen LogP contribution in [0.25, 0.3) is 5.70 Å². The molecule has 30 heavy (non-hydrogen) atoms. The first-order chi connectivity index (χ1) is 14.5. The molecule has 0 aliphatic carbocycles. The Morgan fingerprint density at radius 3 is 2.60 bits per heavy atom. The number of rotatable bonds is 3. The minimum Gasteiger partial charge on any atom is -0.495 e. The maximum atomic E-state index is 12.7. The Bertz CT molecular complexity index is 1110. The van der Waals surface area contributed by atoms with Gasteiger partial charge in [-0.2, -0.15) is 0 Å². The van der Waals surface area contributed by atoms with Crippen molar-refractivity contribution >= 4 is 29.3 Å². The van der Waals surface area contributed by atoms with E-state index in [4.69, 9.17) is 9.73 Å². The number of carbonyl (C=O) groups is 2. The summed E-state index contributed by atoms with van der Waals surface area (Å²) in [5.74, 6) is 0.920. The first kappa shape index (κ1) is 18.2. The Morgan fingerprint density at radius 1 is 1.10 bits per heavy atom. The van der Waals surface area contributed by atoms with Crippen LogP contribution in [-0.4, -0.2) is 54.1 Å². The van der Waals surface area contributed by atoms with Gasteiger partial charge in [-0.3, -0.25) is 19.9 Å². The number of nitrogens with zero attached hydrogens (tertiary/aromatic N) is 4. The van der Waals surface area contributed by atoms with E-state index in [9.17, 15) is 9.59 Å². The van der Waals surface area contributed by atoms with Crippen LogP contribution >= 0.6 is 0 Å². The lowest BCUT2D eigenvalue weighted by molar-refractivity contribution is -0.126. The molecule has 8 heteroatoms. The second-order valence-corrected chi connectivity index (χ2v) is 7.49. The molecule has 3 aliphatic heterocycles. The van der Waals surface area contributed by atoms with Gasteiger partial charge in [-0.05, 0) is 24.6 Å². The highest BCUT2D eigenvalue weighted by Crippen LogP contribution is 2.42. The molecule has 0 spiro atoms. The maximum Gasteiger partial charge on any atom is 0.325 e. The predicted molar refractivity (Wildman–Crippen MR) is 113 cm³/mol. The van der Waals surface area contributed by atoms with Crippen LogP contribution in [0.4, 0.5) is 10.5 Å². The van der Waals surface area contributed by atoms with E-state index in [1.54, 1.807) is 14.2 Å². The smallest absolute Gasteiger partial charge is 0.325 e. The normalized spacial score (nSPS) is 22.4. The Kier molecular flexibility index (Phi) is 4.02. The fourth-order valence-electron chi connectivity index (χ4n) is 4.10. The third-order valence-corrected chi connectivity index (χ3v) is 5.62. The number of urea groups is 1. The molecule has 2 atom stereocenters. The molecule has 152 valence electrons. The summed E-state index contributed by atoms with van der Waals surface area (Å²) in [5, 5.41) is 2.41. The van der Waals surface area contributed by atoms with Crippen molar-refractivity contribution in [1.29, 1.82) is 0 Å². The summed E-state index contributed by atoms with van der Waals surface area (Å²) in [6, 6.07) is 14.8. The average Bonchev–Trinajstić information content (AvgIpc) is 3.29. The number of nitrogens with one attached hydrogen (secondary N) is 1. The number of amides is 3. The molecule has 2 aromatic rings. The van der Waals surface area contributed by atoms with Crippen molar-refractivity contribution < 1.29 is 14.3 Å². The number of fused-ring (bicyclic) bond motifs is 3. The largest absolute Gasteiger partial charge is 0.495 e. The van der Waals surface area contributed by atoms with Gasteiger partial charge in [0.25, 0.3) is 5.91 Å². The summed E-state index contributed by atoms with van der Waals surface area (Å²) in [6.07, 6.45) is 1.33. The zero-order valence-electron chi connectivity index (χ0n) is 16.9. The van der Waals surface area contributed by atoms with Crippen LogP contribution in [0.5, 0.6) is 5.75 Å². The lowest BCUT2D eigenvalue weighted by Crippen LogP contribution is -2.62. The van der Waals surface area contributed by atoms with Crippen molar-refractivity contribution in [2.75, 3.05) is 19.1 Å². The number of aliphatic imine (C=N–C) groups is 1. The highest BCUT2D eigenvalue weighted by atomic mass is 16.5. The molecule has 0 radical (unpaired) electrons. The van der Waals surface area contributed by atoms with E-state index in [0.29, 0.717) is 11.7 Å². The Labute approximate surface area is 174 Å². The number of aryl methyl sites for hydroxylation is 1. The van der Waals surface area contributed by atoms with E-state index < -0.39 is 18.2 Å². The van der Waals surface area contributed by atoms with Gasteiger partial charge in [0.15, 0.2) is 12.2 Å². The minimum atomic E-state index is -0.623. The van der Waals surface area contributed by atoms with E-state index in [2.05, 4.69) is 5.32 Å². The fraction of sp³-hybridized carbons (Fsp3) is 0.227. The van der Waals surface area contributed by atoms with Gasteiger partial charge >= 0.3 is 6.03 Å². The van der Waals surface area contributed by atoms with Gasteiger partial charge in [-0.25, -0.2) is 9.79 Å². The quantitative estimate of drug-likeness (QED) is 0.852. The summed E-state index contributed by atoms with van der Waals surface area (Å²) >= 11 is 0. The lowest BCUT2D eigenvalue weighted by Gasteiger charge is -2.34. The standard InChI is InChI=1S/C22H21N5O3/c1-13-9-10-17(30-3)15(11-13)27-16(14-7-5-4-6-8-14)12-26-18-19(23-21(26)27)25(2)22(29)24-20(18)28/h4-12,18-19H,1-3H3,(H,24,28,29). The molecular weight excluding hydrogens is 382 g/mol. The fourth-order valence-corrected chi connectivity index (χ4v) is 4.10. The highest BCUT2D eigenvalue weighted by molar-refractivity contribution is 6.16. The van der Waals surface area contributed by atoms with Gasteiger partial charge in [0, 0.05) is 18.8 Å². The molecule has 5 rings (SSSR count). The molecule has 1 saturated heterocycles. The summed E-state index contributed by atoms with van der Waals surface area (Å²) in [4.78, 5) is 34.9. The molecule has 8 nitrogen and oxygen atoms in total. The van der Waals surface area contributed by atoms with Crippen LogP contribution in [0, 0.1) is 6.92 Å². The van der Waals surface area contributed by atoms with E-state index in [0.717, 1.165) is 22.5 Å². The van der Waals surface area contributed by atoms with Crippen LogP contribution in [0.2, 0.25) is 0 Å². The second kappa shape index (κ2) is 6.62. The van der Waals surface area contributed by atoms with Crippen molar-refractivity contribution in [3.63, 3.8) is 0 Å². The van der Waals surface area contributed by atoms with Gasteiger partial charge < -0.3 is 9.64 Å². The molecule has 1 N–H and O–H groups in total. The van der Waals surface area contributed by atoms with Crippen molar-refractivity contribution in [2.45, 2.75) is 19.1 Å². The molecule has 3 amide bonds.